The quantitative estimate of drug-likeness (QED) is 0.651. The van der Waals surface area contributed by atoms with Crippen molar-refractivity contribution >= 4 is 21.6 Å². The summed E-state index contributed by atoms with van der Waals surface area (Å²) in [4.78, 5) is 10.6. The Morgan fingerprint density at radius 1 is 1.24 bits per heavy atom. The number of nitrogens with zero attached hydrogens (tertiary/aromatic N) is 1. The lowest BCUT2D eigenvalue weighted by Crippen LogP contribution is -2.04. The van der Waals surface area contributed by atoms with Gasteiger partial charge < -0.3 is 10.5 Å². The predicted octanol–water partition coefficient (Wildman–Crippen LogP) is 4.48. The van der Waals surface area contributed by atoms with Gasteiger partial charge in [0.25, 0.3) is 0 Å². The number of aryl methyl sites for hydroxylation is 1. The van der Waals surface area contributed by atoms with Gasteiger partial charge in [-0.05, 0) is 59.1 Å². The standard InChI is InChI=1S/C15H15BrN2O3/c1-9-3-5-13(18(19)20)15(7-9)21-14-6-4-11(10(2)17)8-12(14)16/h3-8,10H,17H2,1-2H3/t10-/m0/s1. The Balaban J connectivity index is 2.38. The summed E-state index contributed by atoms with van der Waals surface area (Å²) in [5, 5.41) is 11.0. The normalized spacial score (nSPS) is 12.0. The molecule has 0 saturated carbocycles. The maximum absolute atomic E-state index is 11.0. The molecule has 0 aliphatic carbocycles. The van der Waals surface area contributed by atoms with Crippen molar-refractivity contribution in [2.75, 3.05) is 0 Å². The van der Waals surface area contributed by atoms with Crippen LogP contribution in [0.4, 0.5) is 5.69 Å². The smallest absolute Gasteiger partial charge is 0.311 e. The van der Waals surface area contributed by atoms with E-state index in [2.05, 4.69) is 15.9 Å². The van der Waals surface area contributed by atoms with Gasteiger partial charge in [-0.1, -0.05) is 12.1 Å². The molecule has 2 aromatic carbocycles. The first-order valence-electron chi connectivity index (χ1n) is 6.36. The summed E-state index contributed by atoms with van der Waals surface area (Å²) in [7, 11) is 0. The van der Waals surface area contributed by atoms with Crippen molar-refractivity contribution in [2.45, 2.75) is 19.9 Å². The Hall–Kier alpha value is -1.92. The number of benzene rings is 2. The molecular formula is C15H15BrN2O3. The van der Waals surface area contributed by atoms with E-state index in [-0.39, 0.29) is 17.5 Å². The molecule has 2 aromatic rings. The lowest BCUT2D eigenvalue weighted by molar-refractivity contribution is -0.385. The van der Waals surface area contributed by atoms with Gasteiger partial charge in [0.1, 0.15) is 5.75 Å². The van der Waals surface area contributed by atoms with Crippen LogP contribution in [0.2, 0.25) is 0 Å². The average Bonchev–Trinajstić information content (AvgIpc) is 2.40. The van der Waals surface area contributed by atoms with Gasteiger partial charge in [-0.25, -0.2) is 0 Å². The van der Waals surface area contributed by atoms with Gasteiger partial charge in [0, 0.05) is 12.1 Å². The fraction of sp³-hybridized carbons (Fsp3) is 0.200. The van der Waals surface area contributed by atoms with Gasteiger partial charge >= 0.3 is 5.69 Å². The molecule has 2 rings (SSSR count). The molecule has 0 unspecified atom stereocenters. The number of hydrogen-bond donors (Lipinski definition) is 1. The molecule has 1 atom stereocenters. The summed E-state index contributed by atoms with van der Waals surface area (Å²) in [6, 6.07) is 10.1. The van der Waals surface area contributed by atoms with E-state index in [1.807, 2.05) is 26.0 Å². The molecule has 21 heavy (non-hydrogen) atoms. The topological polar surface area (TPSA) is 78.4 Å². The zero-order valence-corrected chi connectivity index (χ0v) is 13.3. The van der Waals surface area contributed by atoms with Crippen LogP contribution >= 0.6 is 15.9 Å². The number of rotatable bonds is 4. The highest BCUT2D eigenvalue weighted by molar-refractivity contribution is 9.10. The highest BCUT2D eigenvalue weighted by Gasteiger charge is 2.17. The van der Waals surface area contributed by atoms with Crippen LogP contribution in [0, 0.1) is 17.0 Å². The first-order valence-corrected chi connectivity index (χ1v) is 7.15. The molecule has 6 heteroatoms. The predicted molar refractivity (Wildman–Crippen MR) is 84.7 cm³/mol. The third kappa shape index (κ3) is 3.59. The monoisotopic (exact) mass is 350 g/mol. The molecule has 0 spiro atoms. The summed E-state index contributed by atoms with van der Waals surface area (Å²) in [5.41, 5.74) is 7.59. The first kappa shape index (κ1) is 15.5. The zero-order chi connectivity index (χ0) is 15.6. The van der Waals surface area contributed by atoms with E-state index in [1.165, 1.54) is 6.07 Å². The van der Waals surface area contributed by atoms with E-state index in [9.17, 15) is 10.1 Å². The van der Waals surface area contributed by atoms with Crippen molar-refractivity contribution in [2.24, 2.45) is 5.73 Å². The SMILES string of the molecule is Cc1ccc([N+](=O)[O-])c(Oc2ccc([C@H](C)N)cc2Br)c1. The summed E-state index contributed by atoms with van der Waals surface area (Å²) in [5.74, 6) is 0.724. The number of hydrogen-bond acceptors (Lipinski definition) is 4. The second-order valence-corrected chi connectivity index (χ2v) is 5.66. The molecule has 2 N–H and O–H groups in total. The van der Waals surface area contributed by atoms with Gasteiger partial charge in [-0.15, -0.1) is 0 Å². The van der Waals surface area contributed by atoms with Crippen molar-refractivity contribution in [3.05, 3.63) is 62.1 Å². The van der Waals surface area contributed by atoms with Crippen molar-refractivity contribution < 1.29 is 9.66 Å². The van der Waals surface area contributed by atoms with Crippen LogP contribution in [0.15, 0.2) is 40.9 Å². The molecule has 110 valence electrons. The largest absolute Gasteiger partial charge is 0.449 e. The fourth-order valence-corrected chi connectivity index (χ4v) is 2.33. The molecule has 0 heterocycles. The van der Waals surface area contributed by atoms with Gasteiger partial charge in [0.05, 0.1) is 9.40 Å². The van der Waals surface area contributed by atoms with E-state index in [0.29, 0.717) is 10.2 Å². The molecule has 0 saturated heterocycles. The van der Waals surface area contributed by atoms with Crippen LogP contribution in [0.1, 0.15) is 24.1 Å². The van der Waals surface area contributed by atoms with Crippen LogP contribution in [0.3, 0.4) is 0 Å². The summed E-state index contributed by atoms with van der Waals surface area (Å²) < 4.78 is 6.39. The van der Waals surface area contributed by atoms with Gasteiger partial charge in [0.15, 0.2) is 0 Å². The Bertz CT molecular complexity index is 687. The van der Waals surface area contributed by atoms with Crippen molar-refractivity contribution in [3.8, 4) is 11.5 Å². The number of ether oxygens (including phenoxy) is 1. The van der Waals surface area contributed by atoms with Gasteiger partial charge in [-0.2, -0.15) is 0 Å². The molecule has 0 bridgehead atoms. The zero-order valence-electron chi connectivity index (χ0n) is 11.7. The maximum Gasteiger partial charge on any atom is 0.311 e. The van der Waals surface area contributed by atoms with Crippen molar-refractivity contribution in [3.63, 3.8) is 0 Å². The maximum atomic E-state index is 11.0. The van der Waals surface area contributed by atoms with Crippen LogP contribution < -0.4 is 10.5 Å². The van der Waals surface area contributed by atoms with Crippen LogP contribution in [0.25, 0.3) is 0 Å². The second kappa shape index (κ2) is 6.24. The summed E-state index contributed by atoms with van der Waals surface area (Å²) in [6.45, 7) is 3.73. The highest BCUT2D eigenvalue weighted by atomic mass is 79.9. The summed E-state index contributed by atoms with van der Waals surface area (Å²) in [6.07, 6.45) is 0. The molecule has 0 fully saturated rings. The van der Waals surface area contributed by atoms with E-state index in [0.717, 1.165) is 11.1 Å². The Labute approximate surface area is 131 Å². The second-order valence-electron chi connectivity index (χ2n) is 4.81. The van der Waals surface area contributed by atoms with E-state index in [4.69, 9.17) is 10.5 Å². The minimum Gasteiger partial charge on any atom is -0.449 e. The van der Waals surface area contributed by atoms with Gasteiger partial charge in [0.2, 0.25) is 5.75 Å². The van der Waals surface area contributed by atoms with E-state index in [1.54, 1.807) is 18.2 Å². The van der Waals surface area contributed by atoms with Gasteiger partial charge in [-0.3, -0.25) is 10.1 Å². The third-order valence-corrected chi connectivity index (χ3v) is 3.63. The van der Waals surface area contributed by atoms with E-state index >= 15 is 0 Å². The molecule has 5 nitrogen and oxygen atoms in total. The lowest BCUT2D eigenvalue weighted by Gasteiger charge is -2.11. The minimum absolute atomic E-state index is 0.0660. The Morgan fingerprint density at radius 3 is 2.52 bits per heavy atom. The average molecular weight is 351 g/mol. The first-order chi connectivity index (χ1) is 9.88. The number of halogens is 1. The minimum atomic E-state index is -0.459. The molecule has 0 aliphatic rings. The molecule has 0 radical (unpaired) electrons. The molecule has 0 aliphatic heterocycles. The highest BCUT2D eigenvalue weighted by Crippen LogP contribution is 2.36. The summed E-state index contributed by atoms with van der Waals surface area (Å²) >= 11 is 3.40. The molecule has 0 aromatic heterocycles. The third-order valence-electron chi connectivity index (χ3n) is 3.01. The lowest BCUT2D eigenvalue weighted by atomic mass is 10.1. The van der Waals surface area contributed by atoms with Crippen LogP contribution in [0.5, 0.6) is 11.5 Å². The van der Waals surface area contributed by atoms with Crippen LogP contribution in [-0.4, -0.2) is 4.92 Å². The van der Waals surface area contributed by atoms with E-state index < -0.39 is 4.92 Å². The Morgan fingerprint density at radius 2 is 1.95 bits per heavy atom. The number of nitrogens with two attached hydrogens (primary N) is 1. The van der Waals surface area contributed by atoms with Crippen molar-refractivity contribution in [1.82, 2.24) is 0 Å². The van der Waals surface area contributed by atoms with Crippen molar-refractivity contribution in [1.29, 1.82) is 0 Å². The molecule has 0 amide bonds. The molecular weight excluding hydrogens is 336 g/mol. The Kier molecular flexibility index (Phi) is 4.59. The van der Waals surface area contributed by atoms with Crippen LogP contribution in [-0.2, 0) is 0 Å². The fourth-order valence-electron chi connectivity index (χ4n) is 1.86. The number of nitro groups is 1. The number of nitro benzene ring substituents is 1.